The average molecular weight is 246 g/mol. The second kappa shape index (κ2) is 2.56. The van der Waals surface area contributed by atoms with Gasteiger partial charge in [-0.05, 0) is 38.4 Å². The highest BCUT2D eigenvalue weighted by molar-refractivity contribution is 9.11. The maximum Gasteiger partial charge on any atom is 0.0701 e. The first-order valence-electron chi connectivity index (χ1n) is 4.03. The molecule has 1 aromatic rings. The topological polar surface area (TPSA) is 26.0 Å². The van der Waals surface area contributed by atoms with Crippen molar-refractivity contribution in [1.82, 2.24) is 0 Å². The molecule has 2 rings (SSSR count). The van der Waals surface area contributed by atoms with Crippen LogP contribution in [0.3, 0.4) is 0 Å². The molecule has 1 aromatic heterocycles. The number of nitrogens with two attached hydrogens (primary N) is 1. The fourth-order valence-corrected chi connectivity index (χ4v) is 3.01. The highest BCUT2D eigenvalue weighted by atomic mass is 79.9. The van der Waals surface area contributed by atoms with Gasteiger partial charge in [0.1, 0.15) is 0 Å². The Hall–Kier alpha value is 0.140. The molecular weight excluding hydrogens is 234 g/mol. The predicted octanol–water partition coefficient (Wildman–Crippen LogP) is 2.96. The van der Waals surface area contributed by atoms with Crippen molar-refractivity contribution in [1.29, 1.82) is 0 Å². The van der Waals surface area contributed by atoms with Crippen molar-refractivity contribution in [3.8, 4) is 0 Å². The summed E-state index contributed by atoms with van der Waals surface area (Å²) in [6, 6.07) is 2.53. The lowest BCUT2D eigenvalue weighted by Gasteiger charge is -1.97. The summed E-state index contributed by atoms with van der Waals surface area (Å²) < 4.78 is 1.20. The first-order chi connectivity index (χ1) is 5.53. The Morgan fingerprint density at radius 1 is 1.58 bits per heavy atom. The average Bonchev–Trinajstić information content (AvgIpc) is 2.38. The molecule has 0 saturated heterocycles. The van der Waals surface area contributed by atoms with E-state index < -0.39 is 0 Å². The number of thiophene rings is 1. The number of hydrogen-bond acceptors (Lipinski definition) is 2. The van der Waals surface area contributed by atoms with E-state index in [9.17, 15) is 0 Å². The fraction of sp³-hybridized carbons (Fsp3) is 0.556. The van der Waals surface area contributed by atoms with Crippen LogP contribution in [0.5, 0.6) is 0 Å². The van der Waals surface area contributed by atoms with E-state index in [1.807, 2.05) is 0 Å². The molecule has 1 heterocycles. The second-order valence-electron chi connectivity index (χ2n) is 4.01. The molecule has 0 aliphatic heterocycles. The summed E-state index contributed by atoms with van der Waals surface area (Å²) in [7, 11) is 0. The zero-order valence-corrected chi connectivity index (χ0v) is 9.58. The van der Waals surface area contributed by atoms with Crippen LogP contribution < -0.4 is 5.73 Å². The Morgan fingerprint density at radius 3 is 2.50 bits per heavy atom. The Bertz CT molecular complexity index is 305. The highest BCUT2D eigenvalue weighted by Crippen LogP contribution is 2.58. The van der Waals surface area contributed by atoms with Crippen LogP contribution in [-0.4, -0.2) is 6.04 Å². The molecule has 1 fully saturated rings. The third kappa shape index (κ3) is 1.15. The van der Waals surface area contributed by atoms with Gasteiger partial charge >= 0.3 is 0 Å². The first kappa shape index (κ1) is 8.73. The number of hydrogen-bond donors (Lipinski definition) is 1. The number of halogens is 1. The summed E-state index contributed by atoms with van der Waals surface area (Å²) in [5.74, 6) is 0.569. The molecule has 0 unspecified atom stereocenters. The van der Waals surface area contributed by atoms with Crippen LogP contribution in [-0.2, 0) is 0 Å². The maximum absolute atomic E-state index is 5.97. The smallest absolute Gasteiger partial charge is 0.0701 e. The van der Waals surface area contributed by atoms with Crippen LogP contribution in [0.25, 0.3) is 0 Å². The van der Waals surface area contributed by atoms with E-state index in [4.69, 9.17) is 5.73 Å². The van der Waals surface area contributed by atoms with Gasteiger partial charge in [-0.25, -0.2) is 0 Å². The normalized spacial score (nSPS) is 32.0. The van der Waals surface area contributed by atoms with Crippen LogP contribution in [0.1, 0.15) is 25.3 Å². The van der Waals surface area contributed by atoms with Crippen molar-refractivity contribution in [3.05, 3.63) is 20.8 Å². The minimum atomic E-state index is 0.306. The van der Waals surface area contributed by atoms with Crippen molar-refractivity contribution in [2.24, 2.45) is 11.1 Å². The van der Waals surface area contributed by atoms with Crippen LogP contribution in [0.2, 0.25) is 0 Å². The first-order valence-corrected chi connectivity index (χ1v) is 5.70. The largest absolute Gasteiger partial charge is 0.327 e. The SMILES string of the molecule is CC1(C)[C@@H](N)[C@@H]1c1csc(Br)c1. The molecule has 3 heteroatoms. The van der Waals surface area contributed by atoms with E-state index in [0.29, 0.717) is 17.4 Å². The molecule has 1 nitrogen and oxygen atoms in total. The van der Waals surface area contributed by atoms with Gasteiger partial charge < -0.3 is 5.73 Å². The molecule has 12 heavy (non-hydrogen) atoms. The summed E-state index contributed by atoms with van der Waals surface area (Å²) in [6.07, 6.45) is 0. The van der Waals surface area contributed by atoms with Gasteiger partial charge in [-0.2, -0.15) is 0 Å². The van der Waals surface area contributed by atoms with Crippen LogP contribution in [0.4, 0.5) is 0 Å². The molecule has 2 atom stereocenters. The standard InChI is InChI=1S/C9H12BrNS/c1-9(2)7(8(9)11)5-3-6(10)12-4-5/h3-4,7-8H,11H2,1-2H3/t7-,8-/m0/s1. The Labute approximate surface area is 85.1 Å². The molecule has 0 amide bonds. The molecule has 0 bridgehead atoms. The van der Waals surface area contributed by atoms with E-state index in [1.165, 1.54) is 9.35 Å². The van der Waals surface area contributed by atoms with Crippen molar-refractivity contribution in [2.45, 2.75) is 25.8 Å². The van der Waals surface area contributed by atoms with Gasteiger partial charge in [0.2, 0.25) is 0 Å². The van der Waals surface area contributed by atoms with Gasteiger partial charge in [0.05, 0.1) is 3.79 Å². The summed E-state index contributed by atoms with van der Waals surface area (Å²) in [4.78, 5) is 0. The van der Waals surface area contributed by atoms with E-state index in [0.717, 1.165) is 0 Å². The Kier molecular flexibility index (Phi) is 1.86. The lowest BCUT2D eigenvalue weighted by molar-refractivity contribution is 0.599. The molecule has 1 aliphatic carbocycles. The molecule has 1 saturated carbocycles. The third-order valence-corrected chi connectivity index (χ3v) is 4.38. The zero-order chi connectivity index (χ0) is 8.93. The van der Waals surface area contributed by atoms with E-state index in [-0.39, 0.29) is 0 Å². The Balaban J connectivity index is 2.24. The van der Waals surface area contributed by atoms with Crippen LogP contribution in [0, 0.1) is 5.41 Å². The van der Waals surface area contributed by atoms with Crippen molar-refractivity contribution < 1.29 is 0 Å². The molecule has 0 radical (unpaired) electrons. The molecule has 66 valence electrons. The maximum atomic E-state index is 5.97. The van der Waals surface area contributed by atoms with Crippen molar-refractivity contribution >= 4 is 27.3 Å². The lowest BCUT2D eigenvalue weighted by Crippen LogP contribution is -2.06. The van der Waals surface area contributed by atoms with Crippen molar-refractivity contribution in [3.63, 3.8) is 0 Å². The molecule has 0 aromatic carbocycles. The van der Waals surface area contributed by atoms with Crippen molar-refractivity contribution in [2.75, 3.05) is 0 Å². The fourth-order valence-electron chi connectivity index (χ4n) is 1.80. The highest BCUT2D eigenvalue weighted by Gasteiger charge is 2.56. The minimum Gasteiger partial charge on any atom is -0.327 e. The monoisotopic (exact) mass is 245 g/mol. The summed E-state index contributed by atoms with van der Waals surface area (Å²) >= 11 is 5.20. The minimum absolute atomic E-state index is 0.306. The summed E-state index contributed by atoms with van der Waals surface area (Å²) in [5, 5.41) is 2.20. The summed E-state index contributed by atoms with van der Waals surface area (Å²) in [6.45, 7) is 4.46. The van der Waals surface area contributed by atoms with Gasteiger partial charge in [0.25, 0.3) is 0 Å². The van der Waals surface area contributed by atoms with Crippen LogP contribution in [0.15, 0.2) is 15.2 Å². The Morgan fingerprint density at radius 2 is 2.17 bits per heavy atom. The predicted molar refractivity (Wildman–Crippen MR) is 56.5 cm³/mol. The summed E-state index contributed by atoms with van der Waals surface area (Å²) in [5.41, 5.74) is 7.67. The number of rotatable bonds is 1. The lowest BCUT2D eigenvalue weighted by atomic mass is 10.1. The van der Waals surface area contributed by atoms with E-state index in [2.05, 4.69) is 41.2 Å². The molecular formula is C9H12BrNS. The quantitative estimate of drug-likeness (QED) is 0.810. The van der Waals surface area contributed by atoms with Gasteiger partial charge in [-0.15, -0.1) is 11.3 Å². The third-order valence-electron chi connectivity index (χ3n) is 2.86. The van der Waals surface area contributed by atoms with Gasteiger partial charge in [-0.3, -0.25) is 0 Å². The zero-order valence-electron chi connectivity index (χ0n) is 7.17. The van der Waals surface area contributed by atoms with E-state index >= 15 is 0 Å². The molecule has 2 N–H and O–H groups in total. The van der Waals surface area contributed by atoms with Gasteiger partial charge in [-0.1, -0.05) is 13.8 Å². The molecule has 0 spiro atoms. The molecule has 1 aliphatic rings. The van der Waals surface area contributed by atoms with Gasteiger partial charge in [0.15, 0.2) is 0 Å². The second-order valence-corrected chi connectivity index (χ2v) is 6.30. The van der Waals surface area contributed by atoms with Gasteiger partial charge in [0, 0.05) is 12.0 Å². The van der Waals surface area contributed by atoms with Crippen LogP contribution >= 0.6 is 27.3 Å². The van der Waals surface area contributed by atoms with E-state index in [1.54, 1.807) is 11.3 Å².